The lowest BCUT2D eigenvalue weighted by molar-refractivity contribution is 0.281. The molecule has 0 amide bonds. The molecule has 1 aromatic carbocycles. The van der Waals surface area contributed by atoms with Crippen LogP contribution in [0.2, 0.25) is 0 Å². The van der Waals surface area contributed by atoms with Gasteiger partial charge in [-0.25, -0.2) is 0 Å². The molecule has 0 aliphatic carbocycles. The van der Waals surface area contributed by atoms with E-state index in [1.54, 1.807) is 7.05 Å². The van der Waals surface area contributed by atoms with Gasteiger partial charge in [-0.1, -0.05) is 19.1 Å². The Hall–Kier alpha value is -1.75. The van der Waals surface area contributed by atoms with Gasteiger partial charge in [-0.05, 0) is 44.6 Å². The summed E-state index contributed by atoms with van der Waals surface area (Å²) in [7, 11) is 5.94. The third kappa shape index (κ3) is 7.88. The van der Waals surface area contributed by atoms with Crippen LogP contribution in [0.4, 0.5) is 0 Å². The summed E-state index contributed by atoms with van der Waals surface area (Å²) in [6, 6.07) is 8.21. The van der Waals surface area contributed by atoms with Gasteiger partial charge in [0.05, 0.1) is 6.61 Å². The van der Waals surface area contributed by atoms with Crippen molar-refractivity contribution < 1.29 is 4.74 Å². The van der Waals surface area contributed by atoms with Gasteiger partial charge in [0, 0.05) is 26.7 Å². The Labute approximate surface area is 134 Å². The molecule has 0 saturated carbocycles. The van der Waals surface area contributed by atoms with Crippen LogP contribution in [-0.4, -0.2) is 51.7 Å². The first kappa shape index (κ1) is 18.3. The number of nitrogens with zero attached hydrogens (tertiary/aromatic N) is 2. The van der Waals surface area contributed by atoms with Gasteiger partial charge >= 0.3 is 0 Å². The third-order valence-corrected chi connectivity index (χ3v) is 3.17. The second-order valence-electron chi connectivity index (χ2n) is 5.50. The first-order valence-electron chi connectivity index (χ1n) is 7.96. The van der Waals surface area contributed by atoms with Crippen molar-refractivity contribution in [2.45, 2.75) is 26.3 Å². The summed E-state index contributed by atoms with van der Waals surface area (Å²) in [5.41, 5.74) is 1.21. The lowest BCUT2D eigenvalue weighted by Crippen LogP contribution is -2.37. The minimum absolute atomic E-state index is 0.753. The molecule has 1 aromatic rings. The van der Waals surface area contributed by atoms with Crippen LogP contribution in [0.1, 0.15) is 25.3 Å². The summed E-state index contributed by atoms with van der Waals surface area (Å²) >= 11 is 0. The molecular formula is C17H30N4O. The monoisotopic (exact) mass is 306 g/mol. The molecule has 0 bridgehead atoms. The molecular weight excluding hydrogens is 276 g/mol. The molecule has 0 radical (unpaired) electrons. The van der Waals surface area contributed by atoms with E-state index in [-0.39, 0.29) is 0 Å². The number of hydrogen-bond donors (Lipinski definition) is 2. The van der Waals surface area contributed by atoms with Crippen molar-refractivity contribution in [1.82, 2.24) is 15.5 Å². The van der Waals surface area contributed by atoms with Crippen LogP contribution < -0.4 is 15.4 Å². The Morgan fingerprint density at radius 2 is 1.91 bits per heavy atom. The predicted molar refractivity (Wildman–Crippen MR) is 93.6 cm³/mol. The number of nitrogens with one attached hydrogen (secondary N) is 2. The van der Waals surface area contributed by atoms with Crippen molar-refractivity contribution in [1.29, 1.82) is 0 Å². The highest BCUT2D eigenvalue weighted by Gasteiger charge is 1.99. The quantitative estimate of drug-likeness (QED) is 0.417. The van der Waals surface area contributed by atoms with E-state index in [1.807, 2.05) is 12.1 Å². The average molecular weight is 306 g/mol. The van der Waals surface area contributed by atoms with E-state index < -0.39 is 0 Å². The van der Waals surface area contributed by atoms with E-state index in [4.69, 9.17) is 4.74 Å². The lowest BCUT2D eigenvalue weighted by Gasteiger charge is -2.12. The number of rotatable bonds is 9. The molecule has 0 aliphatic rings. The van der Waals surface area contributed by atoms with Crippen molar-refractivity contribution in [2.24, 2.45) is 4.99 Å². The van der Waals surface area contributed by atoms with Gasteiger partial charge in [0.25, 0.3) is 0 Å². The first-order chi connectivity index (χ1) is 10.7. The molecule has 0 fully saturated rings. The Balaban J connectivity index is 2.32. The van der Waals surface area contributed by atoms with Gasteiger partial charge in [-0.3, -0.25) is 4.99 Å². The Morgan fingerprint density at radius 3 is 2.50 bits per heavy atom. The molecule has 0 atom stereocenters. The maximum Gasteiger partial charge on any atom is 0.191 e. The molecule has 0 saturated heterocycles. The van der Waals surface area contributed by atoms with Gasteiger partial charge < -0.3 is 20.3 Å². The molecule has 124 valence electrons. The SMILES string of the molecule is CCCNC(=NC)NCc1ccc(OCCCN(C)C)cc1. The predicted octanol–water partition coefficient (Wildman–Crippen LogP) is 2.09. The van der Waals surface area contributed by atoms with Gasteiger partial charge in [-0.15, -0.1) is 0 Å². The molecule has 0 aliphatic heterocycles. The zero-order valence-electron chi connectivity index (χ0n) is 14.4. The van der Waals surface area contributed by atoms with Crippen LogP contribution in [0, 0.1) is 0 Å². The minimum atomic E-state index is 0.753. The first-order valence-corrected chi connectivity index (χ1v) is 7.96. The zero-order valence-corrected chi connectivity index (χ0v) is 14.4. The molecule has 22 heavy (non-hydrogen) atoms. The maximum atomic E-state index is 5.73. The van der Waals surface area contributed by atoms with Gasteiger partial charge in [0.15, 0.2) is 5.96 Å². The molecule has 1 rings (SSSR count). The van der Waals surface area contributed by atoms with E-state index in [9.17, 15) is 0 Å². The smallest absolute Gasteiger partial charge is 0.191 e. The van der Waals surface area contributed by atoms with Crippen LogP contribution in [-0.2, 0) is 6.54 Å². The van der Waals surface area contributed by atoms with Crippen LogP contribution in [0.15, 0.2) is 29.3 Å². The summed E-state index contributed by atoms with van der Waals surface area (Å²) in [5.74, 6) is 1.77. The second kappa shape index (κ2) is 10.9. The number of benzene rings is 1. The van der Waals surface area contributed by atoms with Gasteiger partial charge in [-0.2, -0.15) is 0 Å². The van der Waals surface area contributed by atoms with Gasteiger partial charge in [0.2, 0.25) is 0 Å². The van der Waals surface area contributed by atoms with Crippen LogP contribution in [0.25, 0.3) is 0 Å². The van der Waals surface area contributed by atoms with E-state index >= 15 is 0 Å². The maximum absolute atomic E-state index is 5.73. The van der Waals surface area contributed by atoms with Crippen molar-refractivity contribution in [3.8, 4) is 5.75 Å². The fourth-order valence-corrected chi connectivity index (χ4v) is 1.92. The van der Waals surface area contributed by atoms with E-state index in [0.29, 0.717) is 0 Å². The third-order valence-electron chi connectivity index (χ3n) is 3.17. The summed E-state index contributed by atoms with van der Waals surface area (Å²) in [6.45, 7) is 5.62. The van der Waals surface area contributed by atoms with Crippen LogP contribution in [0.3, 0.4) is 0 Å². The second-order valence-corrected chi connectivity index (χ2v) is 5.50. The molecule has 0 spiro atoms. The van der Waals surface area contributed by atoms with Crippen molar-refractivity contribution in [3.05, 3.63) is 29.8 Å². The van der Waals surface area contributed by atoms with E-state index in [0.717, 1.165) is 50.8 Å². The lowest BCUT2D eigenvalue weighted by atomic mass is 10.2. The summed E-state index contributed by atoms with van der Waals surface area (Å²) in [5, 5.41) is 6.55. The van der Waals surface area contributed by atoms with Crippen LogP contribution >= 0.6 is 0 Å². The molecule has 5 nitrogen and oxygen atoms in total. The standard InChI is InChI=1S/C17H30N4O/c1-5-11-19-17(18-2)20-14-15-7-9-16(10-8-15)22-13-6-12-21(3)4/h7-10H,5-6,11-14H2,1-4H3,(H2,18,19,20). The minimum Gasteiger partial charge on any atom is -0.494 e. The van der Waals surface area contributed by atoms with Gasteiger partial charge in [0.1, 0.15) is 5.75 Å². The largest absolute Gasteiger partial charge is 0.494 e. The van der Waals surface area contributed by atoms with E-state index in [2.05, 4.69) is 53.7 Å². The molecule has 5 heteroatoms. The number of hydrogen-bond acceptors (Lipinski definition) is 3. The molecule has 0 heterocycles. The van der Waals surface area contributed by atoms with Crippen molar-refractivity contribution >= 4 is 5.96 Å². The summed E-state index contributed by atoms with van der Waals surface area (Å²) in [4.78, 5) is 6.35. The normalized spacial score (nSPS) is 11.6. The fourth-order valence-electron chi connectivity index (χ4n) is 1.92. The van der Waals surface area contributed by atoms with Crippen molar-refractivity contribution in [2.75, 3.05) is 40.8 Å². The fraction of sp³-hybridized carbons (Fsp3) is 0.588. The molecule has 0 aromatic heterocycles. The highest BCUT2D eigenvalue weighted by molar-refractivity contribution is 5.79. The Morgan fingerprint density at radius 1 is 1.18 bits per heavy atom. The van der Waals surface area contributed by atoms with Crippen LogP contribution in [0.5, 0.6) is 5.75 Å². The Kier molecular flexibility index (Phi) is 9.07. The number of ether oxygens (including phenoxy) is 1. The number of guanidine groups is 1. The average Bonchev–Trinajstić information content (AvgIpc) is 2.53. The van der Waals surface area contributed by atoms with E-state index in [1.165, 1.54) is 5.56 Å². The highest BCUT2D eigenvalue weighted by atomic mass is 16.5. The number of aliphatic imine (C=N–C) groups is 1. The molecule has 0 unspecified atom stereocenters. The summed E-state index contributed by atoms with van der Waals surface area (Å²) in [6.07, 6.45) is 2.12. The Bertz CT molecular complexity index is 429. The summed E-state index contributed by atoms with van der Waals surface area (Å²) < 4.78 is 5.73. The highest BCUT2D eigenvalue weighted by Crippen LogP contribution is 2.12. The van der Waals surface area contributed by atoms with Crippen molar-refractivity contribution in [3.63, 3.8) is 0 Å². The topological polar surface area (TPSA) is 48.9 Å². The molecule has 2 N–H and O–H groups in total. The zero-order chi connectivity index (χ0) is 16.2.